The van der Waals surface area contributed by atoms with Crippen LogP contribution in [0.3, 0.4) is 0 Å². The van der Waals surface area contributed by atoms with Crippen LogP contribution in [-0.4, -0.2) is 56.4 Å². The Bertz CT molecular complexity index is 695. The molecule has 1 atom stereocenters. The van der Waals surface area contributed by atoms with E-state index in [4.69, 9.17) is 0 Å². The summed E-state index contributed by atoms with van der Waals surface area (Å²) in [4.78, 5) is 22.2. The minimum absolute atomic E-state index is 0.0935. The molecule has 0 aromatic heterocycles. The lowest BCUT2D eigenvalue weighted by Gasteiger charge is -2.24. The molecule has 0 aromatic rings. The zero-order chi connectivity index (χ0) is 22.6. The molecule has 0 aromatic carbocycles. The molecule has 0 amide bonds. The molecule has 164 valence electrons. The molecule has 15 heteroatoms. The van der Waals surface area contributed by atoms with Gasteiger partial charge in [0.25, 0.3) is 9.84 Å². The summed E-state index contributed by atoms with van der Waals surface area (Å²) < 4.78 is 132. The second kappa shape index (κ2) is 9.05. The van der Waals surface area contributed by atoms with Gasteiger partial charge in [-0.25, -0.2) is 18.0 Å². The van der Waals surface area contributed by atoms with Gasteiger partial charge < -0.3 is 9.47 Å². The fourth-order valence-corrected chi connectivity index (χ4v) is 2.82. The van der Waals surface area contributed by atoms with Crippen LogP contribution in [0.15, 0.2) is 12.2 Å². The predicted molar refractivity (Wildman–Crippen MR) is 75.7 cm³/mol. The molecule has 0 saturated carbocycles. The number of sulfone groups is 1. The molecule has 28 heavy (non-hydrogen) atoms. The average Bonchev–Trinajstić information content (AvgIpc) is 2.47. The second-order valence-electron chi connectivity index (χ2n) is 5.39. The fraction of sp³-hybridized carbons (Fsp3) is 0.692. The Balaban J connectivity index is 5.21. The number of rotatable bonds is 9. The van der Waals surface area contributed by atoms with Crippen molar-refractivity contribution in [3.05, 3.63) is 12.2 Å². The van der Waals surface area contributed by atoms with Crippen LogP contribution in [0.1, 0.15) is 19.8 Å². The maximum Gasteiger partial charge on any atom is 0.497 e. The standard InChI is InChI=1S/C13H14F8O6S/c1-7(2)9(22)26-3-4-27-10(23)11(14,15)5-8(6-12(16,17)18)28(24,25)13(19,20)21/h8H,1,3-6H2,2H3. The molecule has 0 aliphatic rings. The van der Waals surface area contributed by atoms with E-state index in [1.807, 2.05) is 0 Å². The predicted octanol–water partition coefficient (Wildman–Crippen LogP) is 2.93. The van der Waals surface area contributed by atoms with E-state index in [2.05, 4.69) is 16.1 Å². The summed E-state index contributed by atoms with van der Waals surface area (Å²) in [6.45, 7) is 2.62. The molecule has 0 aliphatic carbocycles. The molecular weight excluding hydrogens is 436 g/mol. The molecule has 0 N–H and O–H groups in total. The van der Waals surface area contributed by atoms with Crippen molar-refractivity contribution in [1.82, 2.24) is 0 Å². The minimum atomic E-state index is -6.67. The highest BCUT2D eigenvalue weighted by atomic mass is 32.2. The highest BCUT2D eigenvalue weighted by molar-refractivity contribution is 7.92. The lowest BCUT2D eigenvalue weighted by atomic mass is 10.1. The van der Waals surface area contributed by atoms with E-state index in [0.29, 0.717) is 0 Å². The zero-order valence-electron chi connectivity index (χ0n) is 14.0. The van der Waals surface area contributed by atoms with E-state index >= 15 is 0 Å². The zero-order valence-corrected chi connectivity index (χ0v) is 14.8. The number of hydrogen-bond donors (Lipinski definition) is 0. The largest absolute Gasteiger partial charge is 0.497 e. The number of carbonyl (C=O) groups excluding carboxylic acids is 2. The van der Waals surface area contributed by atoms with Crippen LogP contribution >= 0.6 is 0 Å². The van der Waals surface area contributed by atoms with E-state index in [-0.39, 0.29) is 5.57 Å². The molecule has 0 rings (SSSR count). The quantitative estimate of drug-likeness (QED) is 0.232. The summed E-state index contributed by atoms with van der Waals surface area (Å²) in [7, 11) is -6.67. The van der Waals surface area contributed by atoms with Crippen LogP contribution in [0.2, 0.25) is 0 Å². The number of hydrogen-bond acceptors (Lipinski definition) is 6. The first-order valence-corrected chi connectivity index (χ1v) is 8.60. The number of carbonyl (C=O) groups is 2. The molecular formula is C13H14F8O6S. The van der Waals surface area contributed by atoms with Crippen LogP contribution < -0.4 is 0 Å². The lowest BCUT2D eigenvalue weighted by Crippen LogP contribution is -2.43. The Kier molecular flexibility index (Phi) is 8.42. The van der Waals surface area contributed by atoms with Crippen molar-refractivity contribution in [2.75, 3.05) is 13.2 Å². The van der Waals surface area contributed by atoms with E-state index in [9.17, 15) is 53.1 Å². The Morgan fingerprint density at radius 3 is 1.79 bits per heavy atom. The monoisotopic (exact) mass is 450 g/mol. The molecule has 6 nitrogen and oxygen atoms in total. The number of ether oxygens (including phenoxy) is 2. The van der Waals surface area contributed by atoms with E-state index in [1.165, 1.54) is 6.92 Å². The highest BCUT2D eigenvalue weighted by Crippen LogP contribution is 2.38. The molecule has 0 fully saturated rings. The lowest BCUT2D eigenvalue weighted by molar-refractivity contribution is -0.177. The van der Waals surface area contributed by atoms with E-state index < -0.39 is 70.7 Å². The first-order valence-electron chi connectivity index (χ1n) is 7.06. The summed E-state index contributed by atoms with van der Waals surface area (Å²) >= 11 is 0. The van der Waals surface area contributed by atoms with Gasteiger partial charge in [0.2, 0.25) is 0 Å². The van der Waals surface area contributed by atoms with Crippen LogP contribution in [0, 0.1) is 0 Å². The maximum absolute atomic E-state index is 13.7. The first kappa shape index (κ1) is 26.1. The van der Waals surface area contributed by atoms with Gasteiger partial charge in [0.15, 0.2) is 0 Å². The summed E-state index contributed by atoms with van der Waals surface area (Å²) in [5.74, 6) is -8.56. The molecule has 0 heterocycles. The van der Waals surface area contributed by atoms with Crippen LogP contribution in [0.5, 0.6) is 0 Å². The van der Waals surface area contributed by atoms with Gasteiger partial charge in [-0.05, 0) is 6.92 Å². The number of esters is 2. The van der Waals surface area contributed by atoms with Crippen molar-refractivity contribution in [3.63, 3.8) is 0 Å². The maximum atomic E-state index is 13.7. The van der Waals surface area contributed by atoms with Gasteiger partial charge >= 0.3 is 29.5 Å². The van der Waals surface area contributed by atoms with E-state index in [0.717, 1.165) is 0 Å². The van der Waals surface area contributed by atoms with Crippen molar-refractivity contribution in [1.29, 1.82) is 0 Å². The molecule has 0 radical (unpaired) electrons. The Labute approximate surface area is 153 Å². The van der Waals surface area contributed by atoms with Crippen LogP contribution in [0.25, 0.3) is 0 Å². The van der Waals surface area contributed by atoms with Gasteiger partial charge in [0.05, 0.1) is 11.7 Å². The van der Waals surface area contributed by atoms with Gasteiger partial charge in [0, 0.05) is 12.0 Å². The van der Waals surface area contributed by atoms with Crippen molar-refractivity contribution in [2.24, 2.45) is 0 Å². The average molecular weight is 450 g/mol. The number of alkyl halides is 8. The van der Waals surface area contributed by atoms with Crippen LogP contribution in [0.4, 0.5) is 35.1 Å². The first-order chi connectivity index (χ1) is 12.3. The topological polar surface area (TPSA) is 86.7 Å². The number of halogens is 8. The Hall–Kier alpha value is -1.93. The van der Waals surface area contributed by atoms with Gasteiger partial charge in [-0.15, -0.1) is 0 Å². The highest BCUT2D eigenvalue weighted by Gasteiger charge is 2.57. The van der Waals surface area contributed by atoms with Gasteiger partial charge in [-0.1, -0.05) is 6.58 Å². The molecule has 0 aliphatic heterocycles. The van der Waals surface area contributed by atoms with E-state index in [1.54, 1.807) is 0 Å². The van der Waals surface area contributed by atoms with Crippen molar-refractivity contribution in [3.8, 4) is 0 Å². The van der Waals surface area contributed by atoms with Gasteiger partial charge in [-0.2, -0.15) is 35.1 Å². The molecule has 0 saturated heterocycles. The van der Waals surface area contributed by atoms with Gasteiger partial charge in [0.1, 0.15) is 13.2 Å². The Morgan fingerprint density at radius 2 is 1.39 bits per heavy atom. The normalized spacial score (nSPS) is 14.3. The van der Waals surface area contributed by atoms with Crippen molar-refractivity contribution in [2.45, 2.75) is 42.6 Å². The summed E-state index contributed by atoms with van der Waals surface area (Å²) in [5, 5.41) is -3.67. The summed E-state index contributed by atoms with van der Waals surface area (Å²) in [6.07, 6.45) is -10.9. The molecule has 1 unspecified atom stereocenters. The Morgan fingerprint density at radius 1 is 0.929 bits per heavy atom. The second-order valence-corrected chi connectivity index (χ2v) is 7.61. The fourth-order valence-electron chi connectivity index (χ4n) is 1.61. The minimum Gasteiger partial charge on any atom is -0.459 e. The van der Waals surface area contributed by atoms with Gasteiger partial charge in [-0.3, -0.25) is 0 Å². The third-order valence-electron chi connectivity index (χ3n) is 2.90. The van der Waals surface area contributed by atoms with Crippen molar-refractivity contribution >= 4 is 21.8 Å². The van der Waals surface area contributed by atoms with Crippen molar-refractivity contribution < 1.29 is 62.6 Å². The molecule has 0 spiro atoms. The summed E-state index contributed by atoms with van der Waals surface area (Å²) in [6, 6.07) is 0. The molecule has 0 bridgehead atoms. The smallest absolute Gasteiger partial charge is 0.459 e. The third kappa shape index (κ3) is 7.98. The summed E-state index contributed by atoms with van der Waals surface area (Å²) in [5.41, 5.74) is -6.34. The SMILES string of the molecule is C=C(C)C(=O)OCCOC(=O)C(F)(F)CC(CC(F)(F)F)S(=O)(=O)C(F)(F)F. The third-order valence-corrected chi connectivity index (χ3v) is 4.76. The van der Waals surface area contributed by atoms with Crippen LogP contribution in [-0.2, 0) is 28.9 Å².